The number of nitrogens with zero attached hydrogens (tertiary/aromatic N) is 6. The van der Waals surface area contributed by atoms with Gasteiger partial charge in [0.2, 0.25) is 0 Å². The first-order chi connectivity index (χ1) is 26.3. The number of piperazine rings is 1. The van der Waals surface area contributed by atoms with Gasteiger partial charge in [-0.2, -0.15) is 9.97 Å². The highest BCUT2D eigenvalue weighted by Gasteiger charge is 2.45. The van der Waals surface area contributed by atoms with Crippen LogP contribution in [0.3, 0.4) is 0 Å². The maximum Gasteiger partial charge on any atom is 0.413 e. The number of halogens is 4. The SMILES string of the molecule is C[C@@H](CN1CCC(F)CC1)Oc1nc(N2CC3CCC(C2)N3C(=O)OC(C)(C)C)c2cc(Cl)c(-c3ccc(F)c4sc(NC(=O)OC(C)(C)C)nc34)c(F)c2n1. The van der Waals surface area contributed by atoms with Gasteiger partial charge in [-0.05, 0) is 92.3 Å². The van der Waals surface area contributed by atoms with Gasteiger partial charge >= 0.3 is 18.2 Å². The molecule has 4 aromatic rings. The number of hydrogen-bond acceptors (Lipinski definition) is 11. The van der Waals surface area contributed by atoms with Gasteiger partial charge < -0.3 is 19.1 Å². The number of thiazole rings is 1. The van der Waals surface area contributed by atoms with Gasteiger partial charge in [0.25, 0.3) is 0 Å². The Morgan fingerprint density at radius 2 is 1.62 bits per heavy atom. The first kappa shape index (κ1) is 40.1. The van der Waals surface area contributed by atoms with E-state index in [0.717, 1.165) is 24.2 Å². The Morgan fingerprint density at radius 1 is 0.964 bits per heavy atom. The van der Waals surface area contributed by atoms with Crippen molar-refractivity contribution in [2.75, 3.05) is 42.9 Å². The molecule has 2 aromatic heterocycles. The molecule has 0 spiro atoms. The number of nitrogens with one attached hydrogen (secondary N) is 1. The minimum Gasteiger partial charge on any atom is -0.459 e. The van der Waals surface area contributed by atoms with E-state index in [9.17, 15) is 14.0 Å². The van der Waals surface area contributed by atoms with Crippen molar-refractivity contribution in [3.63, 3.8) is 0 Å². The van der Waals surface area contributed by atoms with E-state index >= 15 is 8.78 Å². The van der Waals surface area contributed by atoms with Crippen molar-refractivity contribution in [2.24, 2.45) is 0 Å². The number of piperidine rings is 1. The summed E-state index contributed by atoms with van der Waals surface area (Å²) in [6.07, 6.45) is 0.0371. The number of alkyl halides is 1. The van der Waals surface area contributed by atoms with Gasteiger partial charge in [0.1, 0.15) is 40.6 Å². The largest absolute Gasteiger partial charge is 0.459 e. The first-order valence-corrected chi connectivity index (χ1v) is 20.1. The maximum atomic E-state index is 17.2. The Kier molecular flexibility index (Phi) is 11.0. The van der Waals surface area contributed by atoms with E-state index in [1.807, 2.05) is 32.6 Å². The highest BCUT2D eigenvalue weighted by Crippen LogP contribution is 2.44. The molecule has 0 aliphatic carbocycles. The molecular formula is C39H47ClF3N7O5S. The molecule has 7 rings (SSSR count). The smallest absolute Gasteiger partial charge is 0.413 e. The molecule has 17 heteroatoms. The Bertz CT molecular complexity index is 2140. The zero-order chi connectivity index (χ0) is 40.3. The Hall–Kier alpha value is -4.15. The average molecular weight is 818 g/mol. The predicted molar refractivity (Wildman–Crippen MR) is 211 cm³/mol. The minimum atomic E-state index is -0.816. The lowest BCUT2D eigenvalue weighted by atomic mass is 10.0. The molecule has 0 saturated carbocycles. The summed E-state index contributed by atoms with van der Waals surface area (Å²) in [5, 5.41) is 2.94. The minimum absolute atomic E-state index is 0.0103. The second-order valence-electron chi connectivity index (χ2n) is 16.8. The molecule has 12 nitrogen and oxygen atoms in total. The number of fused-ring (bicyclic) bond motifs is 4. The van der Waals surface area contributed by atoms with Crippen LogP contribution in [0.2, 0.25) is 5.02 Å². The molecule has 2 amide bonds. The summed E-state index contributed by atoms with van der Waals surface area (Å²) in [4.78, 5) is 45.6. The molecule has 3 aliphatic rings. The van der Waals surface area contributed by atoms with Crippen molar-refractivity contribution in [2.45, 2.75) is 110 Å². The Balaban J connectivity index is 1.28. The molecule has 3 fully saturated rings. The number of carbonyl (C=O) groups excluding carboxylic acids is 2. The van der Waals surface area contributed by atoms with Crippen molar-refractivity contribution in [1.82, 2.24) is 24.8 Å². The van der Waals surface area contributed by atoms with E-state index in [1.54, 1.807) is 31.7 Å². The second kappa shape index (κ2) is 15.3. The topological polar surface area (TPSA) is 122 Å². The lowest BCUT2D eigenvalue weighted by Gasteiger charge is -2.42. The number of amides is 2. The van der Waals surface area contributed by atoms with Crippen LogP contribution in [-0.4, -0.2) is 105 Å². The number of rotatable bonds is 7. The number of aromatic nitrogens is 3. The molecular weight excluding hydrogens is 771 g/mol. The van der Waals surface area contributed by atoms with Crippen LogP contribution in [0, 0.1) is 11.6 Å². The fourth-order valence-corrected chi connectivity index (χ4v) is 8.85. The van der Waals surface area contributed by atoms with Crippen LogP contribution in [0.15, 0.2) is 18.2 Å². The third kappa shape index (κ3) is 8.57. The molecule has 302 valence electrons. The second-order valence-corrected chi connectivity index (χ2v) is 18.2. The highest BCUT2D eigenvalue weighted by molar-refractivity contribution is 7.22. The van der Waals surface area contributed by atoms with Crippen molar-refractivity contribution < 1.29 is 37.0 Å². The third-order valence-electron chi connectivity index (χ3n) is 9.94. The number of carbonyl (C=O) groups is 2. The average Bonchev–Trinajstić information content (AvgIpc) is 3.63. The van der Waals surface area contributed by atoms with Gasteiger partial charge in [-0.3, -0.25) is 15.1 Å². The van der Waals surface area contributed by atoms with Crippen LogP contribution >= 0.6 is 22.9 Å². The standard InChI is InChI=1S/C39H47ClF3N7O5S/c1-20(17-48-14-12-21(41)13-15-48)53-34-44-30-25(33(46-34)49-18-22-8-9-23(19-49)50(22)37(52)55-39(5,6)7)16-26(40)28(29(30)43)24-10-11-27(42)32-31(24)45-35(56-32)47-36(51)54-38(2,3)4/h10-11,16,20-23H,8-9,12-15,17-19H2,1-7H3,(H,45,47,51)/t20-,22?,23?/m0/s1. The van der Waals surface area contributed by atoms with E-state index < -0.39 is 41.2 Å². The zero-order valence-electron chi connectivity index (χ0n) is 32.6. The van der Waals surface area contributed by atoms with Crippen LogP contribution in [0.5, 0.6) is 6.01 Å². The Labute approximate surface area is 332 Å². The van der Waals surface area contributed by atoms with Crippen molar-refractivity contribution in [3.05, 3.63) is 34.9 Å². The van der Waals surface area contributed by atoms with Crippen molar-refractivity contribution in [3.8, 4) is 17.1 Å². The zero-order valence-corrected chi connectivity index (χ0v) is 34.1. The van der Waals surface area contributed by atoms with E-state index in [1.165, 1.54) is 12.1 Å². The number of benzene rings is 2. The van der Waals surface area contributed by atoms with Gasteiger partial charge in [-0.1, -0.05) is 22.9 Å². The highest BCUT2D eigenvalue weighted by atomic mass is 35.5. The molecule has 3 saturated heterocycles. The summed E-state index contributed by atoms with van der Waals surface area (Å²) < 4.78 is 63.7. The molecule has 2 bridgehead atoms. The fourth-order valence-electron chi connectivity index (χ4n) is 7.68. The molecule has 2 unspecified atom stereocenters. The lowest BCUT2D eigenvalue weighted by molar-refractivity contribution is 0.0122. The van der Waals surface area contributed by atoms with Crippen LogP contribution < -0.4 is 15.0 Å². The summed E-state index contributed by atoms with van der Waals surface area (Å²) in [5.41, 5.74) is -1.29. The monoisotopic (exact) mass is 817 g/mol. The van der Waals surface area contributed by atoms with E-state index in [2.05, 4.69) is 20.2 Å². The number of likely N-dealkylation sites (tertiary alicyclic amines) is 1. The van der Waals surface area contributed by atoms with Crippen LogP contribution in [0.1, 0.15) is 74.1 Å². The van der Waals surface area contributed by atoms with Gasteiger partial charge in [0, 0.05) is 49.2 Å². The maximum absolute atomic E-state index is 17.2. The summed E-state index contributed by atoms with van der Waals surface area (Å²) in [6, 6.07) is 3.77. The quantitative estimate of drug-likeness (QED) is 0.193. The van der Waals surface area contributed by atoms with Crippen LogP contribution in [0.25, 0.3) is 32.2 Å². The lowest BCUT2D eigenvalue weighted by Crippen LogP contribution is -2.57. The molecule has 0 radical (unpaired) electrons. The van der Waals surface area contributed by atoms with Crippen LogP contribution in [-0.2, 0) is 9.47 Å². The van der Waals surface area contributed by atoms with Gasteiger partial charge in [-0.25, -0.2) is 27.7 Å². The van der Waals surface area contributed by atoms with Gasteiger partial charge in [0.15, 0.2) is 10.9 Å². The normalized spacial score (nSPS) is 20.1. The first-order valence-electron chi connectivity index (χ1n) is 18.9. The number of anilines is 2. The van der Waals surface area contributed by atoms with E-state index in [0.29, 0.717) is 56.8 Å². The molecule has 1 N–H and O–H groups in total. The summed E-state index contributed by atoms with van der Waals surface area (Å²) in [5.74, 6) is -1.01. The van der Waals surface area contributed by atoms with Gasteiger partial charge in [0.05, 0.1) is 27.3 Å². The Morgan fingerprint density at radius 3 is 2.27 bits per heavy atom. The number of ether oxygens (including phenoxy) is 3. The summed E-state index contributed by atoms with van der Waals surface area (Å²) >= 11 is 7.82. The van der Waals surface area contributed by atoms with Crippen molar-refractivity contribution in [1.29, 1.82) is 0 Å². The van der Waals surface area contributed by atoms with Gasteiger partial charge in [-0.15, -0.1) is 0 Å². The predicted octanol–water partition coefficient (Wildman–Crippen LogP) is 8.97. The summed E-state index contributed by atoms with van der Waals surface area (Å²) in [7, 11) is 0. The molecule has 56 heavy (non-hydrogen) atoms. The van der Waals surface area contributed by atoms with Crippen molar-refractivity contribution >= 4 is 67.2 Å². The molecule has 3 aliphatic heterocycles. The van der Waals surface area contributed by atoms with E-state index in [-0.39, 0.29) is 61.2 Å². The number of hydrogen-bond donors (Lipinski definition) is 1. The van der Waals surface area contributed by atoms with Crippen LogP contribution in [0.4, 0.5) is 33.7 Å². The molecule has 2 aromatic carbocycles. The fraction of sp³-hybridized carbons (Fsp3) is 0.564. The molecule has 3 atom stereocenters. The van der Waals surface area contributed by atoms with E-state index in [4.69, 9.17) is 30.8 Å². The third-order valence-corrected chi connectivity index (χ3v) is 11.2. The molecule has 5 heterocycles. The summed E-state index contributed by atoms with van der Waals surface area (Å²) in [6.45, 7) is 15.0.